The SMILES string of the molecule is Cc1cc(C)c(S(=O)(=O)NC[C@H](C)c2ccccc2)c(C)c1. The molecule has 0 bridgehead atoms. The van der Waals surface area contributed by atoms with Gasteiger partial charge in [-0.3, -0.25) is 0 Å². The Kier molecular flexibility index (Phi) is 5.04. The summed E-state index contributed by atoms with van der Waals surface area (Å²) in [5.41, 5.74) is 3.78. The van der Waals surface area contributed by atoms with Crippen molar-refractivity contribution in [2.24, 2.45) is 0 Å². The smallest absolute Gasteiger partial charge is 0.211 e. The van der Waals surface area contributed by atoms with E-state index in [1.165, 1.54) is 0 Å². The largest absolute Gasteiger partial charge is 0.241 e. The minimum atomic E-state index is -3.49. The third-order valence-corrected chi connectivity index (χ3v) is 5.55. The number of hydrogen-bond acceptors (Lipinski definition) is 2. The van der Waals surface area contributed by atoms with E-state index in [2.05, 4.69) is 4.72 Å². The van der Waals surface area contributed by atoms with Crippen LogP contribution in [0.5, 0.6) is 0 Å². The fraction of sp³-hybridized carbons (Fsp3) is 0.333. The molecule has 1 atom stereocenters. The minimum Gasteiger partial charge on any atom is -0.211 e. The predicted octanol–water partition coefficient (Wildman–Crippen LogP) is 3.69. The van der Waals surface area contributed by atoms with Gasteiger partial charge in [-0.25, -0.2) is 13.1 Å². The molecule has 22 heavy (non-hydrogen) atoms. The highest BCUT2D eigenvalue weighted by atomic mass is 32.2. The zero-order chi connectivity index (χ0) is 16.3. The van der Waals surface area contributed by atoms with Crippen LogP contribution in [0.2, 0.25) is 0 Å². The summed E-state index contributed by atoms with van der Waals surface area (Å²) in [6, 6.07) is 13.7. The van der Waals surface area contributed by atoms with Gasteiger partial charge >= 0.3 is 0 Å². The van der Waals surface area contributed by atoms with Crippen molar-refractivity contribution in [3.8, 4) is 0 Å². The van der Waals surface area contributed by atoms with Gasteiger partial charge in [-0.15, -0.1) is 0 Å². The monoisotopic (exact) mass is 317 g/mol. The molecule has 4 heteroatoms. The molecule has 0 unspecified atom stereocenters. The first-order valence-electron chi connectivity index (χ1n) is 7.43. The zero-order valence-corrected chi connectivity index (χ0v) is 14.4. The summed E-state index contributed by atoms with van der Waals surface area (Å²) < 4.78 is 28.0. The number of benzene rings is 2. The summed E-state index contributed by atoms with van der Waals surface area (Å²) in [7, 11) is -3.49. The van der Waals surface area contributed by atoms with Gasteiger partial charge in [-0.05, 0) is 43.4 Å². The third-order valence-electron chi connectivity index (χ3n) is 3.82. The topological polar surface area (TPSA) is 46.2 Å². The molecule has 0 aliphatic heterocycles. The van der Waals surface area contributed by atoms with Gasteiger partial charge in [-0.2, -0.15) is 0 Å². The van der Waals surface area contributed by atoms with Crippen LogP contribution in [0, 0.1) is 20.8 Å². The molecule has 2 aromatic rings. The van der Waals surface area contributed by atoms with Crippen molar-refractivity contribution in [1.29, 1.82) is 0 Å². The summed E-state index contributed by atoms with van der Waals surface area (Å²) in [5.74, 6) is 0.127. The van der Waals surface area contributed by atoms with E-state index in [1.54, 1.807) is 0 Å². The standard InChI is InChI=1S/C18H23NO2S/c1-13-10-14(2)18(15(3)11-13)22(20,21)19-12-16(4)17-8-6-5-7-9-17/h5-11,16,19H,12H2,1-4H3/t16-/m0/s1. The van der Waals surface area contributed by atoms with Crippen LogP contribution in [0.1, 0.15) is 35.1 Å². The molecule has 0 spiro atoms. The molecule has 2 aromatic carbocycles. The highest BCUT2D eigenvalue weighted by Crippen LogP contribution is 2.22. The molecule has 118 valence electrons. The second kappa shape index (κ2) is 6.63. The van der Waals surface area contributed by atoms with Crippen LogP contribution in [-0.4, -0.2) is 15.0 Å². The summed E-state index contributed by atoms with van der Waals surface area (Å²) in [4.78, 5) is 0.401. The normalized spacial score (nSPS) is 13.1. The highest BCUT2D eigenvalue weighted by molar-refractivity contribution is 7.89. The molecule has 1 N–H and O–H groups in total. The molecule has 2 rings (SSSR count). The van der Waals surface area contributed by atoms with Gasteiger partial charge in [0.05, 0.1) is 4.90 Å². The van der Waals surface area contributed by atoms with Gasteiger partial charge in [0.1, 0.15) is 0 Å². The highest BCUT2D eigenvalue weighted by Gasteiger charge is 2.20. The van der Waals surface area contributed by atoms with Crippen LogP contribution in [-0.2, 0) is 10.0 Å². The van der Waals surface area contributed by atoms with Gasteiger partial charge in [0.2, 0.25) is 10.0 Å². The van der Waals surface area contributed by atoms with E-state index in [4.69, 9.17) is 0 Å². The summed E-state index contributed by atoms with van der Waals surface area (Å²) in [6.45, 7) is 8.07. The molecule has 0 aromatic heterocycles. The molecule has 0 radical (unpaired) electrons. The lowest BCUT2D eigenvalue weighted by Gasteiger charge is -2.16. The quantitative estimate of drug-likeness (QED) is 0.914. The van der Waals surface area contributed by atoms with Gasteiger partial charge in [0.15, 0.2) is 0 Å². The van der Waals surface area contributed by atoms with Crippen molar-refractivity contribution in [3.63, 3.8) is 0 Å². The van der Waals surface area contributed by atoms with Crippen molar-refractivity contribution in [1.82, 2.24) is 4.72 Å². The Labute approximate surface area is 133 Å². The molecule has 0 fully saturated rings. The van der Waals surface area contributed by atoms with E-state index in [0.717, 1.165) is 22.3 Å². The number of nitrogens with one attached hydrogen (secondary N) is 1. The molecule has 0 saturated carbocycles. The molecular formula is C18H23NO2S. The van der Waals surface area contributed by atoms with Gasteiger partial charge in [0.25, 0.3) is 0 Å². The summed E-state index contributed by atoms with van der Waals surface area (Å²) in [5, 5.41) is 0. The summed E-state index contributed by atoms with van der Waals surface area (Å²) in [6.07, 6.45) is 0. The van der Waals surface area contributed by atoms with Crippen LogP contribution in [0.15, 0.2) is 47.4 Å². The average molecular weight is 317 g/mol. The maximum absolute atomic E-state index is 12.6. The third kappa shape index (κ3) is 3.76. The van der Waals surface area contributed by atoms with Crippen molar-refractivity contribution < 1.29 is 8.42 Å². The van der Waals surface area contributed by atoms with Crippen LogP contribution in [0.4, 0.5) is 0 Å². The van der Waals surface area contributed by atoms with E-state index in [9.17, 15) is 8.42 Å². The van der Waals surface area contributed by atoms with Gasteiger partial charge in [-0.1, -0.05) is 55.0 Å². The lowest BCUT2D eigenvalue weighted by Crippen LogP contribution is -2.29. The fourth-order valence-corrected chi connectivity index (χ4v) is 4.38. The van der Waals surface area contributed by atoms with Crippen LogP contribution in [0.25, 0.3) is 0 Å². The Morgan fingerprint density at radius 1 is 1.00 bits per heavy atom. The number of sulfonamides is 1. The Balaban J connectivity index is 2.19. The fourth-order valence-electron chi connectivity index (χ4n) is 2.80. The minimum absolute atomic E-state index is 0.127. The lowest BCUT2D eigenvalue weighted by atomic mass is 10.0. The number of aryl methyl sites for hydroxylation is 3. The molecular weight excluding hydrogens is 294 g/mol. The van der Waals surface area contributed by atoms with Crippen molar-refractivity contribution >= 4 is 10.0 Å². The van der Waals surface area contributed by atoms with Crippen LogP contribution < -0.4 is 4.72 Å². The molecule has 0 aliphatic rings. The van der Waals surface area contributed by atoms with Gasteiger partial charge in [0, 0.05) is 6.54 Å². The molecule has 0 amide bonds. The van der Waals surface area contributed by atoms with E-state index < -0.39 is 10.0 Å². The first-order valence-corrected chi connectivity index (χ1v) is 8.92. The average Bonchev–Trinajstić information content (AvgIpc) is 2.44. The molecule has 0 heterocycles. The predicted molar refractivity (Wildman–Crippen MR) is 90.7 cm³/mol. The van der Waals surface area contributed by atoms with Crippen molar-refractivity contribution in [2.45, 2.75) is 38.5 Å². The second-order valence-electron chi connectivity index (χ2n) is 5.89. The molecule has 0 aliphatic carbocycles. The van der Waals surface area contributed by atoms with E-state index in [0.29, 0.717) is 11.4 Å². The first kappa shape index (κ1) is 16.7. The molecule has 0 saturated heterocycles. The lowest BCUT2D eigenvalue weighted by molar-refractivity contribution is 0.573. The zero-order valence-electron chi connectivity index (χ0n) is 13.6. The molecule has 3 nitrogen and oxygen atoms in total. The maximum atomic E-state index is 12.6. The van der Waals surface area contributed by atoms with Crippen LogP contribution >= 0.6 is 0 Å². The van der Waals surface area contributed by atoms with Crippen LogP contribution in [0.3, 0.4) is 0 Å². The van der Waals surface area contributed by atoms with E-state index >= 15 is 0 Å². The first-order chi connectivity index (χ1) is 10.3. The summed E-state index contributed by atoms with van der Waals surface area (Å²) >= 11 is 0. The number of rotatable bonds is 5. The van der Waals surface area contributed by atoms with E-state index in [1.807, 2.05) is 70.2 Å². The number of hydrogen-bond donors (Lipinski definition) is 1. The van der Waals surface area contributed by atoms with Crippen molar-refractivity contribution in [3.05, 3.63) is 64.7 Å². The van der Waals surface area contributed by atoms with E-state index in [-0.39, 0.29) is 5.92 Å². The maximum Gasteiger partial charge on any atom is 0.241 e. The van der Waals surface area contributed by atoms with Crippen molar-refractivity contribution in [2.75, 3.05) is 6.54 Å². The Morgan fingerprint density at radius 3 is 2.09 bits per heavy atom. The second-order valence-corrected chi connectivity index (χ2v) is 7.60. The van der Waals surface area contributed by atoms with Gasteiger partial charge < -0.3 is 0 Å². The Hall–Kier alpha value is -1.65. The Morgan fingerprint density at radius 2 is 1.55 bits per heavy atom. The Bertz CT molecular complexity index is 729.